The van der Waals surface area contributed by atoms with E-state index in [1.54, 1.807) is 12.1 Å². The van der Waals surface area contributed by atoms with Gasteiger partial charge in [0.05, 0.1) is 22.2 Å². The molecule has 0 aliphatic carbocycles. The molecule has 1 aliphatic rings. The standard InChI is InChI=1S/C15H14Cl3NO5/c16-8-3-7-6(1-2-20)14(18)19(10(7)4-9(8)17)15-13(23)12(22)11(5-21)24-15/h2-4,11-13,15,21-23H,1,5H2/t11-,12-,13-,15?/m1/s1. The van der Waals surface area contributed by atoms with Crippen molar-refractivity contribution in [2.45, 2.75) is 31.0 Å². The molecule has 130 valence electrons. The zero-order valence-corrected chi connectivity index (χ0v) is 14.5. The van der Waals surface area contributed by atoms with E-state index in [-0.39, 0.29) is 16.6 Å². The van der Waals surface area contributed by atoms with E-state index in [0.29, 0.717) is 27.8 Å². The highest BCUT2D eigenvalue weighted by Crippen LogP contribution is 2.41. The lowest BCUT2D eigenvalue weighted by molar-refractivity contribution is -0.107. The Balaban J connectivity index is 2.22. The molecule has 0 saturated carbocycles. The van der Waals surface area contributed by atoms with Gasteiger partial charge in [-0.2, -0.15) is 0 Å². The summed E-state index contributed by atoms with van der Waals surface area (Å²) in [6.45, 7) is -0.459. The second-order valence-corrected chi connectivity index (χ2v) is 6.69. The monoisotopic (exact) mass is 393 g/mol. The maximum Gasteiger partial charge on any atom is 0.164 e. The Kier molecular flexibility index (Phi) is 5.09. The van der Waals surface area contributed by atoms with Crippen molar-refractivity contribution in [3.05, 3.63) is 32.9 Å². The quantitative estimate of drug-likeness (QED) is 0.690. The molecule has 1 unspecified atom stereocenters. The van der Waals surface area contributed by atoms with E-state index in [1.165, 1.54) is 4.57 Å². The predicted molar refractivity (Wildman–Crippen MR) is 89.7 cm³/mol. The van der Waals surface area contributed by atoms with Crippen molar-refractivity contribution in [2.24, 2.45) is 0 Å². The third kappa shape index (κ3) is 2.72. The van der Waals surface area contributed by atoms with Gasteiger partial charge >= 0.3 is 0 Å². The number of hydrogen-bond acceptors (Lipinski definition) is 5. The summed E-state index contributed by atoms with van der Waals surface area (Å²) < 4.78 is 6.98. The van der Waals surface area contributed by atoms with Crippen LogP contribution in [-0.4, -0.2) is 51.1 Å². The summed E-state index contributed by atoms with van der Waals surface area (Å²) in [6.07, 6.45) is -3.83. The van der Waals surface area contributed by atoms with Crippen molar-refractivity contribution >= 4 is 52.0 Å². The summed E-state index contributed by atoms with van der Waals surface area (Å²) in [5, 5.41) is 30.8. The van der Waals surface area contributed by atoms with Crippen molar-refractivity contribution in [2.75, 3.05) is 6.61 Å². The molecule has 1 aromatic carbocycles. The Bertz CT molecular complexity index is 793. The first-order valence-electron chi connectivity index (χ1n) is 7.14. The number of aldehydes is 1. The summed E-state index contributed by atoms with van der Waals surface area (Å²) in [5.74, 6) is 0. The van der Waals surface area contributed by atoms with Crippen LogP contribution in [0.5, 0.6) is 0 Å². The number of aromatic nitrogens is 1. The number of carbonyl (C=O) groups is 1. The molecule has 4 atom stereocenters. The number of aliphatic hydroxyl groups excluding tert-OH is 3. The summed E-state index contributed by atoms with van der Waals surface area (Å²) in [6, 6.07) is 3.13. The molecule has 1 aliphatic heterocycles. The van der Waals surface area contributed by atoms with E-state index in [1.807, 2.05) is 0 Å². The van der Waals surface area contributed by atoms with Crippen LogP contribution in [0, 0.1) is 0 Å². The lowest BCUT2D eigenvalue weighted by atomic mass is 10.1. The first-order chi connectivity index (χ1) is 11.4. The minimum absolute atomic E-state index is 0.0368. The van der Waals surface area contributed by atoms with E-state index in [4.69, 9.17) is 39.5 Å². The van der Waals surface area contributed by atoms with Crippen molar-refractivity contribution in [1.29, 1.82) is 0 Å². The topological polar surface area (TPSA) is 91.9 Å². The van der Waals surface area contributed by atoms with Gasteiger partial charge in [-0.25, -0.2) is 0 Å². The van der Waals surface area contributed by atoms with E-state index in [2.05, 4.69) is 0 Å². The van der Waals surface area contributed by atoms with Crippen molar-refractivity contribution in [3.8, 4) is 0 Å². The van der Waals surface area contributed by atoms with Crippen LogP contribution in [0.25, 0.3) is 10.9 Å². The molecule has 1 saturated heterocycles. The Morgan fingerprint density at radius 1 is 1.17 bits per heavy atom. The van der Waals surface area contributed by atoms with Gasteiger partial charge in [-0.1, -0.05) is 34.8 Å². The van der Waals surface area contributed by atoms with Crippen molar-refractivity contribution in [3.63, 3.8) is 0 Å². The minimum Gasteiger partial charge on any atom is -0.394 e. The molecule has 0 bridgehead atoms. The minimum atomic E-state index is -1.31. The number of benzene rings is 1. The van der Waals surface area contributed by atoms with E-state index < -0.39 is 31.1 Å². The lowest BCUT2D eigenvalue weighted by Gasteiger charge is -2.19. The number of fused-ring (bicyclic) bond motifs is 1. The van der Waals surface area contributed by atoms with E-state index in [9.17, 15) is 20.1 Å². The molecule has 1 aromatic heterocycles. The van der Waals surface area contributed by atoms with Crippen LogP contribution in [0.2, 0.25) is 15.2 Å². The molecule has 0 amide bonds. The first-order valence-corrected chi connectivity index (χ1v) is 8.27. The number of aliphatic hydroxyl groups is 3. The molecule has 2 aromatic rings. The Morgan fingerprint density at radius 2 is 1.83 bits per heavy atom. The SMILES string of the molecule is O=CCc1c(Cl)n(C2O[C@H](CO)[C@@H](O)[C@H]2O)c2cc(Cl)c(Cl)cc12. The third-order valence-electron chi connectivity index (χ3n) is 4.14. The number of halogens is 3. The molecule has 6 nitrogen and oxygen atoms in total. The highest BCUT2D eigenvalue weighted by molar-refractivity contribution is 6.43. The highest BCUT2D eigenvalue weighted by atomic mass is 35.5. The van der Waals surface area contributed by atoms with Crippen LogP contribution in [0.3, 0.4) is 0 Å². The fraction of sp³-hybridized carbons (Fsp3) is 0.400. The van der Waals surface area contributed by atoms with E-state index in [0.717, 1.165) is 0 Å². The normalized spacial score (nSPS) is 27.1. The molecule has 3 rings (SSSR count). The van der Waals surface area contributed by atoms with Crippen LogP contribution in [-0.2, 0) is 16.0 Å². The van der Waals surface area contributed by atoms with Gasteiger partial charge in [0.15, 0.2) is 6.23 Å². The maximum atomic E-state index is 11.0. The zero-order valence-electron chi connectivity index (χ0n) is 12.2. The predicted octanol–water partition coefficient (Wildman–Crippen LogP) is 1.95. The largest absolute Gasteiger partial charge is 0.394 e. The molecule has 2 heterocycles. The molecular formula is C15H14Cl3NO5. The van der Waals surface area contributed by atoms with Gasteiger partial charge < -0.3 is 29.4 Å². The number of hydrogen-bond donors (Lipinski definition) is 3. The summed E-state index contributed by atoms with van der Waals surface area (Å²) >= 11 is 18.5. The van der Waals surface area contributed by atoms with Gasteiger partial charge in [-0.05, 0) is 12.1 Å². The van der Waals surface area contributed by atoms with Crippen molar-refractivity contribution < 1.29 is 24.9 Å². The Labute approximate surface area is 152 Å². The first kappa shape index (κ1) is 17.9. The second kappa shape index (κ2) is 6.80. The van der Waals surface area contributed by atoms with Crippen LogP contribution < -0.4 is 0 Å². The van der Waals surface area contributed by atoms with Gasteiger partial charge in [-0.15, -0.1) is 0 Å². The Morgan fingerprint density at radius 3 is 2.42 bits per heavy atom. The van der Waals surface area contributed by atoms with Crippen LogP contribution in [0.15, 0.2) is 12.1 Å². The summed E-state index contributed by atoms with van der Waals surface area (Å²) in [5.41, 5.74) is 1.01. The Hall–Kier alpha value is -0.860. The van der Waals surface area contributed by atoms with Crippen LogP contribution in [0.1, 0.15) is 11.8 Å². The lowest BCUT2D eigenvalue weighted by Crippen LogP contribution is -2.33. The molecule has 1 fully saturated rings. The van der Waals surface area contributed by atoms with Gasteiger partial charge in [-0.3, -0.25) is 0 Å². The fourth-order valence-corrected chi connectivity index (χ4v) is 3.65. The third-order valence-corrected chi connectivity index (χ3v) is 5.28. The molecule has 9 heteroatoms. The number of ether oxygens (including phenoxy) is 1. The second-order valence-electron chi connectivity index (χ2n) is 5.52. The number of nitrogens with zero attached hydrogens (tertiary/aromatic N) is 1. The molecule has 24 heavy (non-hydrogen) atoms. The molecule has 0 spiro atoms. The average Bonchev–Trinajstić information content (AvgIpc) is 2.97. The smallest absolute Gasteiger partial charge is 0.164 e. The summed E-state index contributed by atoms with van der Waals surface area (Å²) in [7, 11) is 0. The highest BCUT2D eigenvalue weighted by Gasteiger charge is 2.44. The van der Waals surface area contributed by atoms with Gasteiger partial charge in [0.1, 0.15) is 29.8 Å². The number of rotatable bonds is 4. The van der Waals surface area contributed by atoms with E-state index >= 15 is 0 Å². The fourth-order valence-electron chi connectivity index (χ4n) is 2.96. The maximum absolute atomic E-state index is 11.0. The van der Waals surface area contributed by atoms with Crippen molar-refractivity contribution in [1.82, 2.24) is 4.57 Å². The van der Waals surface area contributed by atoms with Gasteiger partial charge in [0.25, 0.3) is 0 Å². The molecule has 3 N–H and O–H groups in total. The number of carbonyl (C=O) groups excluding carboxylic acids is 1. The van der Waals surface area contributed by atoms with Crippen LogP contribution in [0.4, 0.5) is 0 Å². The molecular weight excluding hydrogens is 381 g/mol. The zero-order chi connectivity index (χ0) is 17.6. The average molecular weight is 395 g/mol. The van der Waals surface area contributed by atoms with Crippen LogP contribution >= 0.6 is 34.8 Å². The van der Waals surface area contributed by atoms with Gasteiger partial charge in [0.2, 0.25) is 0 Å². The molecule has 0 radical (unpaired) electrons. The summed E-state index contributed by atoms with van der Waals surface area (Å²) in [4.78, 5) is 11.0. The van der Waals surface area contributed by atoms with Gasteiger partial charge in [0, 0.05) is 17.4 Å².